The van der Waals surface area contributed by atoms with Crippen LogP contribution in [0, 0.1) is 5.92 Å². The SMILES string of the molecule is CCNCC1CCN(Cc2cc3ccccc3o2)CC1.Cl. The van der Waals surface area contributed by atoms with Crippen molar-refractivity contribution >= 4 is 23.4 Å². The molecule has 0 spiro atoms. The Kier molecular flexibility index (Phi) is 6.09. The van der Waals surface area contributed by atoms with Gasteiger partial charge < -0.3 is 9.73 Å². The zero-order valence-electron chi connectivity index (χ0n) is 12.7. The van der Waals surface area contributed by atoms with E-state index in [9.17, 15) is 0 Å². The normalized spacial score (nSPS) is 17.0. The third kappa shape index (κ3) is 4.22. The fourth-order valence-corrected chi connectivity index (χ4v) is 3.03. The minimum absolute atomic E-state index is 0. The Morgan fingerprint density at radius 1 is 1.24 bits per heavy atom. The molecular weight excluding hydrogens is 284 g/mol. The van der Waals surface area contributed by atoms with Crippen molar-refractivity contribution in [3.05, 3.63) is 36.1 Å². The summed E-state index contributed by atoms with van der Waals surface area (Å²) in [5.74, 6) is 1.94. The summed E-state index contributed by atoms with van der Waals surface area (Å²) in [6, 6.07) is 10.4. The van der Waals surface area contributed by atoms with Crippen LogP contribution in [-0.4, -0.2) is 31.1 Å². The van der Waals surface area contributed by atoms with Gasteiger partial charge in [-0.15, -0.1) is 12.4 Å². The van der Waals surface area contributed by atoms with Gasteiger partial charge in [-0.25, -0.2) is 0 Å². The molecule has 0 radical (unpaired) electrons. The van der Waals surface area contributed by atoms with E-state index in [1.807, 2.05) is 12.1 Å². The number of nitrogens with one attached hydrogen (secondary N) is 1. The molecule has 1 N–H and O–H groups in total. The highest BCUT2D eigenvalue weighted by atomic mass is 35.5. The lowest BCUT2D eigenvalue weighted by Gasteiger charge is -2.31. The smallest absolute Gasteiger partial charge is 0.134 e. The minimum Gasteiger partial charge on any atom is -0.460 e. The predicted octanol–water partition coefficient (Wildman–Crippen LogP) is 3.68. The molecule has 1 aliphatic heterocycles. The summed E-state index contributed by atoms with van der Waals surface area (Å²) < 4.78 is 5.91. The van der Waals surface area contributed by atoms with Crippen molar-refractivity contribution in [3.8, 4) is 0 Å². The van der Waals surface area contributed by atoms with Crippen molar-refractivity contribution in [3.63, 3.8) is 0 Å². The number of para-hydroxylation sites is 1. The Hall–Kier alpha value is -1.03. The third-order valence-electron chi connectivity index (χ3n) is 4.25. The van der Waals surface area contributed by atoms with Gasteiger partial charge in [0, 0.05) is 5.39 Å². The van der Waals surface area contributed by atoms with Crippen LogP contribution in [0.15, 0.2) is 34.7 Å². The van der Waals surface area contributed by atoms with Crippen molar-refractivity contribution in [1.29, 1.82) is 0 Å². The van der Waals surface area contributed by atoms with Crippen LogP contribution in [0.5, 0.6) is 0 Å². The number of rotatable bonds is 5. The first kappa shape index (κ1) is 16.3. The van der Waals surface area contributed by atoms with Crippen molar-refractivity contribution < 1.29 is 4.42 Å². The van der Waals surface area contributed by atoms with Crippen molar-refractivity contribution in [2.24, 2.45) is 5.92 Å². The molecule has 0 bridgehead atoms. The number of likely N-dealkylation sites (tertiary alicyclic amines) is 1. The van der Waals surface area contributed by atoms with Gasteiger partial charge in [-0.05, 0) is 57.1 Å². The number of piperidine rings is 1. The molecule has 1 aliphatic rings. The van der Waals surface area contributed by atoms with Crippen LogP contribution >= 0.6 is 12.4 Å². The number of halogens is 1. The highest BCUT2D eigenvalue weighted by Crippen LogP contribution is 2.22. The second-order valence-corrected chi connectivity index (χ2v) is 5.78. The number of fused-ring (bicyclic) bond motifs is 1. The fraction of sp³-hybridized carbons (Fsp3) is 0.529. The minimum atomic E-state index is 0. The van der Waals surface area contributed by atoms with E-state index < -0.39 is 0 Å². The van der Waals surface area contributed by atoms with Crippen LogP contribution in [0.2, 0.25) is 0 Å². The average molecular weight is 309 g/mol. The summed E-state index contributed by atoms with van der Waals surface area (Å²) in [7, 11) is 0. The lowest BCUT2D eigenvalue weighted by atomic mass is 9.97. The summed E-state index contributed by atoms with van der Waals surface area (Å²) in [6.07, 6.45) is 2.60. The number of nitrogens with zero attached hydrogens (tertiary/aromatic N) is 1. The number of furan rings is 1. The Morgan fingerprint density at radius 3 is 2.71 bits per heavy atom. The zero-order chi connectivity index (χ0) is 13.8. The molecule has 2 heterocycles. The van der Waals surface area contributed by atoms with Gasteiger partial charge in [-0.3, -0.25) is 4.90 Å². The monoisotopic (exact) mass is 308 g/mol. The second-order valence-electron chi connectivity index (χ2n) is 5.78. The molecule has 0 aliphatic carbocycles. The zero-order valence-corrected chi connectivity index (χ0v) is 13.5. The maximum absolute atomic E-state index is 5.91. The van der Waals surface area contributed by atoms with Crippen LogP contribution in [0.1, 0.15) is 25.5 Å². The van der Waals surface area contributed by atoms with E-state index in [0.29, 0.717) is 0 Å². The van der Waals surface area contributed by atoms with Crippen LogP contribution in [-0.2, 0) is 6.54 Å². The average Bonchev–Trinajstić information content (AvgIpc) is 2.89. The Balaban J connectivity index is 0.00000161. The lowest BCUT2D eigenvalue weighted by molar-refractivity contribution is 0.166. The molecule has 1 fully saturated rings. The Morgan fingerprint density at radius 2 is 2.00 bits per heavy atom. The number of hydrogen-bond acceptors (Lipinski definition) is 3. The predicted molar refractivity (Wildman–Crippen MR) is 90.0 cm³/mol. The van der Waals surface area contributed by atoms with Crippen molar-refractivity contribution in [2.45, 2.75) is 26.3 Å². The first-order valence-electron chi connectivity index (χ1n) is 7.75. The molecule has 0 amide bonds. The van der Waals surface area contributed by atoms with E-state index >= 15 is 0 Å². The van der Waals surface area contributed by atoms with Gasteiger partial charge >= 0.3 is 0 Å². The van der Waals surface area contributed by atoms with Crippen molar-refractivity contribution in [2.75, 3.05) is 26.2 Å². The summed E-state index contributed by atoms with van der Waals surface area (Å²) in [4.78, 5) is 2.51. The molecule has 4 heteroatoms. The van der Waals surface area contributed by atoms with E-state index in [4.69, 9.17) is 4.42 Å². The molecule has 3 rings (SSSR count). The molecule has 0 unspecified atom stereocenters. The largest absolute Gasteiger partial charge is 0.460 e. The van der Waals surface area contributed by atoms with Gasteiger partial charge in [0.1, 0.15) is 11.3 Å². The maximum atomic E-state index is 5.91. The molecular formula is C17H25ClN2O. The van der Waals surface area contributed by atoms with E-state index in [-0.39, 0.29) is 12.4 Å². The van der Waals surface area contributed by atoms with E-state index in [0.717, 1.165) is 30.4 Å². The lowest BCUT2D eigenvalue weighted by Crippen LogP contribution is -2.36. The summed E-state index contributed by atoms with van der Waals surface area (Å²) in [5.41, 5.74) is 1.00. The van der Waals surface area contributed by atoms with E-state index in [1.54, 1.807) is 0 Å². The molecule has 3 nitrogen and oxygen atoms in total. The topological polar surface area (TPSA) is 28.4 Å². The molecule has 1 aromatic carbocycles. The fourth-order valence-electron chi connectivity index (χ4n) is 3.03. The number of hydrogen-bond donors (Lipinski definition) is 1. The van der Waals surface area contributed by atoms with E-state index in [1.165, 1.54) is 37.9 Å². The van der Waals surface area contributed by atoms with Crippen LogP contribution in [0.4, 0.5) is 0 Å². The quantitative estimate of drug-likeness (QED) is 0.913. The Labute approximate surface area is 133 Å². The summed E-state index contributed by atoms with van der Waals surface area (Å²) >= 11 is 0. The van der Waals surface area contributed by atoms with Gasteiger partial charge in [-0.1, -0.05) is 25.1 Å². The Bertz CT molecular complexity index is 513. The highest BCUT2D eigenvalue weighted by Gasteiger charge is 2.19. The third-order valence-corrected chi connectivity index (χ3v) is 4.25. The molecule has 116 valence electrons. The van der Waals surface area contributed by atoms with Crippen LogP contribution < -0.4 is 5.32 Å². The van der Waals surface area contributed by atoms with Gasteiger partial charge in [0.15, 0.2) is 0 Å². The molecule has 0 atom stereocenters. The van der Waals surface area contributed by atoms with Gasteiger partial charge in [-0.2, -0.15) is 0 Å². The van der Waals surface area contributed by atoms with Crippen LogP contribution in [0.25, 0.3) is 11.0 Å². The second kappa shape index (κ2) is 7.83. The summed E-state index contributed by atoms with van der Waals surface area (Å²) in [5, 5.41) is 4.68. The van der Waals surface area contributed by atoms with Gasteiger partial charge in [0.05, 0.1) is 6.54 Å². The first-order chi connectivity index (χ1) is 9.85. The van der Waals surface area contributed by atoms with Crippen LogP contribution in [0.3, 0.4) is 0 Å². The molecule has 21 heavy (non-hydrogen) atoms. The molecule has 0 saturated carbocycles. The number of benzene rings is 1. The first-order valence-corrected chi connectivity index (χ1v) is 7.75. The molecule has 1 saturated heterocycles. The maximum Gasteiger partial charge on any atom is 0.134 e. The molecule has 2 aromatic rings. The van der Waals surface area contributed by atoms with E-state index in [2.05, 4.69) is 35.3 Å². The van der Waals surface area contributed by atoms with Crippen molar-refractivity contribution in [1.82, 2.24) is 10.2 Å². The molecule has 1 aromatic heterocycles. The van der Waals surface area contributed by atoms with Gasteiger partial charge in [0.25, 0.3) is 0 Å². The standard InChI is InChI=1S/C17H24N2O.ClH/c1-2-18-12-14-7-9-19(10-8-14)13-16-11-15-5-3-4-6-17(15)20-16;/h3-6,11,14,18H,2,7-10,12-13H2,1H3;1H. The van der Waals surface area contributed by atoms with Gasteiger partial charge in [0.2, 0.25) is 0 Å². The highest BCUT2D eigenvalue weighted by molar-refractivity contribution is 5.85. The summed E-state index contributed by atoms with van der Waals surface area (Å²) in [6.45, 7) is 7.76.